The van der Waals surface area contributed by atoms with Crippen LogP contribution in [0.4, 0.5) is 0 Å². The minimum Gasteiger partial charge on any atom is -0.489 e. The maximum absolute atomic E-state index is 10.9. The Bertz CT molecular complexity index is 570. The molecule has 1 amide bonds. The van der Waals surface area contributed by atoms with Crippen LogP contribution in [0.15, 0.2) is 48.8 Å². The van der Waals surface area contributed by atoms with E-state index in [4.69, 9.17) is 10.5 Å². The molecule has 0 aliphatic carbocycles. The van der Waals surface area contributed by atoms with Gasteiger partial charge < -0.3 is 15.8 Å². The number of amides is 1. The van der Waals surface area contributed by atoms with Gasteiger partial charge >= 0.3 is 0 Å². The van der Waals surface area contributed by atoms with Crippen LogP contribution in [0.1, 0.15) is 18.1 Å². The van der Waals surface area contributed by atoms with E-state index in [1.165, 1.54) is 0 Å². The van der Waals surface area contributed by atoms with Crippen molar-refractivity contribution in [3.8, 4) is 5.75 Å². The number of carbonyl (C=O) groups excluding carboxylic acids is 1. The van der Waals surface area contributed by atoms with Gasteiger partial charge in [0.2, 0.25) is 5.91 Å². The first kappa shape index (κ1) is 15.0. The summed E-state index contributed by atoms with van der Waals surface area (Å²) in [5.41, 5.74) is 7.34. The van der Waals surface area contributed by atoms with Gasteiger partial charge in [-0.3, -0.25) is 9.78 Å². The number of hydrogen-bond acceptors (Lipinski definition) is 4. The highest BCUT2D eigenvalue weighted by atomic mass is 16.5. The Hall–Kier alpha value is -2.40. The van der Waals surface area contributed by atoms with E-state index < -0.39 is 0 Å². The van der Waals surface area contributed by atoms with E-state index in [-0.39, 0.29) is 11.9 Å². The molecule has 0 saturated heterocycles. The molecule has 0 saturated carbocycles. The molecule has 1 aromatic carbocycles. The summed E-state index contributed by atoms with van der Waals surface area (Å²) in [6, 6.07) is 11.2. The van der Waals surface area contributed by atoms with Gasteiger partial charge in [-0.15, -0.1) is 0 Å². The number of nitrogens with two attached hydrogens (primary N) is 1. The van der Waals surface area contributed by atoms with Crippen LogP contribution >= 0.6 is 0 Å². The number of rotatable bonds is 7. The lowest BCUT2D eigenvalue weighted by atomic mass is 10.2. The quantitative estimate of drug-likeness (QED) is 0.810. The molecule has 3 N–H and O–H groups in total. The molecule has 2 aromatic rings. The van der Waals surface area contributed by atoms with Crippen LogP contribution < -0.4 is 15.8 Å². The summed E-state index contributed by atoms with van der Waals surface area (Å²) < 4.78 is 5.69. The van der Waals surface area contributed by atoms with Crippen molar-refractivity contribution >= 4 is 5.91 Å². The molecule has 1 heterocycles. The Kier molecular flexibility index (Phi) is 5.29. The molecule has 0 fully saturated rings. The molecule has 5 nitrogen and oxygen atoms in total. The molecule has 2 rings (SSSR count). The van der Waals surface area contributed by atoms with E-state index in [0.29, 0.717) is 13.2 Å². The Balaban J connectivity index is 1.83. The van der Waals surface area contributed by atoms with Crippen LogP contribution in [0.3, 0.4) is 0 Å². The summed E-state index contributed by atoms with van der Waals surface area (Å²) in [5.74, 6) is 0.450. The van der Waals surface area contributed by atoms with Crippen molar-refractivity contribution < 1.29 is 9.53 Å². The first-order valence-electron chi connectivity index (χ1n) is 6.78. The Morgan fingerprint density at radius 3 is 2.48 bits per heavy atom. The third-order valence-corrected chi connectivity index (χ3v) is 3.12. The van der Waals surface area contributed by atoms with Gasteiger partial charge in [0.05, 0.1) is 6.04 Å². The minimum absolute atomic E-state index is 0.340. The van der Waals surface area contributed by atoms with Gasteiger partial charge in [0.1, 0.15) is 12.4 Å². The van der Waals surface area contributed by atoms with Crippen molar-refractivity contribution in [1.82, 2.24) is 10.3 Å². The summed E-state index contributed by atoms with van der Waals surface area (Å²) in [7, 11) is 0. The number of nitrogens with one attached hydrogen (secondary N) is 1. The predicted octanol–water partition coefficient (Wildman–Crippen LogP) is 1.62. The van der Waals surface area contributed by atoms with Gasteiger partial charge in [-0.05, 0) is 42.3 Å². The Morgan fingerprint density at radius 2 is 1.86 bits per heavy atom. The second-order valence-electron chi connectivity index (χ2n) is 4.79. The first-order chi connectivity index (χ1) is 10.1. The highest BCUT2D eigenvalue weighted by Gasteiger charge is 2.06. The highest BCUT2D eigenvalue weighted by Crippen LogP contribution is 2.14. The number of carbonyl (C=O) groups is 1. The molecule has 0 bridgehead atoms. The predicted molar refractivity (Wildman–Crippen MR) is 80.5 cm³/mol. The standard InChI is InChI=1S/C16H19N3O2/c1-12(16(17)20)19-10-13-2-4-15(5-3-13)21-11-14-6-8-18-9-7-14/h2-9,12,19H,10-11H2,1H3,(H2,17,20). The average molecular weight is 285 g/mol. The van der Waals surface area contributed by atoms with E-state index in [1.807, 2.05) is 36.4 Å². The zero-order valence-electron chi connectivity index (χ0n) is 12.0. The number of benzene rings is 1. The molecular formula is C16H19N3O2. The maximum atomic E-state index is 10.9. The third-order valence-electron chi connectivity index (χ3n) is 3.12. The smallest absolute Gasteiger partial charge is 0.234 e. The zero-order valence-corrected chi connectivity index (χ0v) is 12.0. The molecule has 1 aromatic heterocycles. The number of pyridine rings is 1. The molecular weight excluding hydrogens is 266 g/mol. The van der Waals surface area contributed by atoms with Crippen LogP contribution in [0.2, 0.25) is 0 Å². The Morgan fingerprint density at radius 1 is 1.19 bits per heavy atom. The van der Waals surface area contributed by atoms with Crippen LogP contribution in [0.25, 0.3) is 0 Å². The number of primary amides is 1. The molecule has 110 valence electrons. The van der Waals surface area contributed by atoms with Gasteiger partial charge in [-0.25, -0.2) is 0 Å². The van der Waals surface area contributed by atoms with Gasteiger partial charge in [-0.1, -0.05) is 12.1 Å². The van der Waals surface area contributed by atoms with Crippen molar-refractivity contribution in [2.24, 2.45) is 5.73 Å². The summed E-state index contributed by atoms with van der Waals surface area (Å²) in [4.78, 5) is 14.9. The molecule has 0 spiro atoms. The van der Waals surface area contributed by atoms with Crippen LogP contribution in [-0.4, -0.2) is 16.9 Å². The van der Waals surface area contributed by atoms with Gasteiger partial charge in [0, 0.05) is 18.9 Å². The zero-order chi connectivity index (χ0) is 15.1. The fraction of sp³-hybridized carbons (Fsp3) is 0.250. The number of aromatic nitrogens is 1. The van der Waals surface area contributed by atoms with Crippen LogP contribution in [-0.2, 0) is 17.9 Å². The van der Waals surface area contributed by atoms with Crippen molar-refractivity contribution in [3.63, 3.8) is 0 Å². The minimum atomic E-state index is -0.354. The van der Waals surface area contributed by atoms with Gasteiger partial charge in [-0.2, -0.15) is 0 Å². The molecule has 5 heteroatoms. The molecule has 21 heavy (non-hydrogen) atoms. The number of hydrogen-bond donors (Lipinski definition) is 2. The molecule has 1 atom stereocenters. The third kappa shape index (κ3) is 4.89. The fourth-order valence-corrected chi connectivity index (χ4v) is 1.72. The second kappa shape index (κ2) is 7.40. The summed E-state index contributed by atoms with van der Waals surface area (Å²) in [6.45, 7) is 2.85. The molecule has 0 aliphatic rings. The van der Waals surface area contributed by atoms with E-state index in [2.05, 4.69) is 10.3 Å². The lowest BCUT2D eigenvalue weighted by molar-refractivity contribution is -0.119. The van der Waals surface area contributed by atoms with Gasteiger partial charge in [0.25, 0.3) is 0 Å². The highest BCUT2D eigenvalue weighted by molar-refractivity contribution is 5.79. The molecule has 0 radical (unpaired) electrons. The molecule has 1 unspecified atom stereocenters. The maximum Gasteiger partial charge on any atom is 0.234 e. The van der Waals surface area contributed by atoms with E-state index in [0.717, 1.165) is 16.9 Å². The van der Waals surface area contributed by atoms with Crippen LogP contribution in [0.5, 0.6) is 5.75 Å². The lowest BCUT2D eigenvalue weighted by Gasteiger charge is -2.11. The SMILES string of the molecule is CC(NCc1ccc(OCc2ccncc2)cc1)C(N)=O. The lowest BCUT2D eigenvalue weighted by Crippen LogP contribution is -2.38. The van der Waals surface area contributed by atoms with Crippen molar-refractivity contribution in [2.45, 2.75) is 26.1 Å². The topological polar surface area (TPSA) is 77.2 Å². The monoisotopic (exact) mass is 285 g/mol. The second-order valence-corrected chi connectivity index (χ2v) is 4.79. The van der Waals surface area contributed by atoms with Crippen LogP contribution in [0, 0.1) is 0 Å². The van der Waals surface area contributed by atoms with Crippen molar-refractivity contribution in [1.29, 1.82) is 0 Å². The fourth-order valence-electron chi connectivity index (χ4n) is 1.72. The molecule has 0 aliphatic heterocycles. The van der Waals surface area contributed by atoms with Gasteiger partial charge in [0.15, 0.2) is 0 Å². The normalized spacial score (nSPS) is 11.9. The first-order valence-corrected chi connectivity index (χ1v) is 6.78. The summed E-state index contributed by atoms with van der Waals surface area (Å²) in [6.07, 6.45) is 3.49. The van der Waals surface area contributed by atoms with Crippen molar-refractivity contribution in [3.05, 3.63) is 59.9 Å². The number of ether oxygens (including phenoxy) is 1. The number of nitrogens with zero attached hydrogens (tertiary/aromatic N) is 1. The average Bonchev–Trinajstić information content (AvgIpc) is 2.52. The van der Waals surface area contributed by atoms with Crippen molar-refractivity contribution in [2.75, 3.05) is 0 Å². The summed E-state index contributed by atoms with van der Waals surface area (Å²) >= 11 is 0. The van der Waals surface area contributed by atoms with E-state index in [1.54, 1.807) is 19.3 Å². The summed E-state index contributed by atoms with van der Waals surface area (Å²) in [5, 5.41) is 3.05. The van der Waals surface area contributed by atoms with E-state index in [9.17, 15) is 4.79 Å². The Labute approximate surface area is 124 Å². The van der Waals surface area contributed by atoms with E-state index >= 15 is 0 Å². The largest absolute Gasteiger partial charge is 0.489 e.